The lowest BCUT2D eigenvalue weighted by Crippen LogP contribution is -2.47. The van der Waals surface area contributed by atoms with E-state index in [1.165, 1.54) is 0 Å². The highest BCUT2D eigenvalue weighted by molar-refractivity contribution is 5.79. The van der Waals surface area contributed by atoms with Crippen LogP contribution >= 0.6 is 0 Å². The van der Waals surface area contributed by atoms with Crippen molar-refractivity contribution < 1.29 is 19.1 Å². The highest BCUT2D eigenvalue weighted by atomic mass is 16.5. The first-order valence-corrected chi connectivity index (χ1v) is 7.84. The number of piperidine rings is 1. The number of esters is 1. The van der Waals surface area contributed by atoms with Gasteiger partial charge in [0.05, 0.1) is 25.9 Å². The molecule has 0 N–H and O–H groups in total. The number of morpholine rings is 1. The minimum atomic E-state index is -0.178. The summed E-state index contributed by atoms with van der Waals surface area (Å²) >= 11 is 0. The van der Waals surface area contributed by atoms with E-state index in [2.05, 4.69) is 4.90 Å². The van der Waals surface area contributed by atoms with Gasteiger partial charge in [-0.05, 0) is 39.8 Å². The zero-order valence-electron chi connectivity index (χ0n) is 13.0. The number of carbonyl (C=O) groups excluding carboxylic acids is 2. The Labute approximate surface area is 126 Å². The second-order valence-electron chi connectivity index (χ2n) is 6.03. The van der Waals surface area contributed by atoms with Gasteiger partial charge in [-0.25, -0.2) is 0 Å². The normalized spacial score (nSPS) is 21.6. The Morgan fingerprint density at radius 2 is 1.76 bits per heavy atom. The van der Waals surface area contributed by atoms with Crippen molar-refractivity contribution in [2.75, 3.05) is 45.9 Å². The van der Waals surface area contributed by atoms with Gasteiger partial charge >= 0.3 is 5.97 Å². The van der Waals surface area contributed by atoms with E-state index in [0.717, 1.165) is 25.9 Å². The fraction of sp³-hybridized carbons (Fsp3) is 0.867. The van der Waals surface area contributed by atoms with Crippen LogP contribution in [0.15, 0.2) is 0 Å². The Kier molecular flexibility index (Phi) is 5.99. The first-order chi connectivity index (χ1) is 10.1. The van der Waals surface area contributed by atoms with Crippen LogP contribution in [0.25, 0.3) is 0 Å². The molecule has 2 saturated heterocycles. The van der Waals surface area contributed by atoms with Gasteiger partial charge in [-0.15, -0.1) is 0 Å². The predicted octanol–water partition coefficient (Wildman–Crippen LogP) is 0.509. The highest BCUT2D eigenvalue weighted by Gasteiger charge is 2.30. The summed E-state index contributed by atoms with van der Waals surface area (Å²) in [5.74, 6) is 0.172. The molecule has 0 aliphatic carbocycles. The summed E-state index contributed by atoms with van der Waals surface area (Å²) in [5.41, 5.74) is 0. The first-order valence-electron chi connectivity index (χ1n) is 7.84. The molecule has 0 aromatic carbocycles. The van der Waals surface area contributed by atoms with E-state index in [0.29, 0.717) is 32.8 Å². The largest absolute Gasteiger partial charge is 0.462 e. The number of rotatable bonds is 4. The molecule has 0 unspecified atom stereocenters. The minimum Gasteiger partial charge on any atom is -0.462 e. The second-order valence-corrected chi connectivity index (χ2v) is 6.03. The fourth-order valence-corrected chi connectivity index (χ4v) is 2.86. The third kappa shape index (κ3) is 4.97. The van der Waals surface area contributed by atoms with Gasteiger partial charge in [0.25, 0.3) is 0 Å². The minimum absolute atomic E-state index is 0.0714. The first kappa shape index (κ1) is 16.2. The molecular formula is C15H26N2O4. The van der Waals surface area contributed by atoms with E-state index < -0.39 is 0 Å². The SMILES string of the molecule is CC(C)OC(=O)CN1CCC(C(=O)N2CCOCC2)CC1. The Morgan fingerprint density at radius 1 is 1.14 bits per heavy atom. The Balaban J connectivity index is 1.72. The average Bonchev–Trinajstić information content (AvgIpc) is 2.47. The number of hydrogen-bond donors (Lipinski definition) is 0. The molecular weight excluding hydrogens is 272 g/mol. The maximum absolute atomic E-state index is 12.4. The molecule has 120 valence electrons. The molecule has 0 aromatic heterocycles. The maximum Gasteiger partial charge on any atom is 0.320 e. The summed E-state index contributed by atoms with van der Waals surface area (Å²) in [4.78, 5) is 28.0. The zero-order valence-corrected chi connectivity index (χ0v) is 13.0. The van der Waals surface area contributed by atoms with Gasteiger partial charge < -0.3 is 14.4 Å². The molecule has 2 aliphatic rings. The van der Waals surface area contributed by atoms with E-state index in [1.54, 1.807) is 0 Å². The number of hydrogen-bond acceptors (Lipinski definition) is 5. The van der Waals surface area contributed by atoms with Crippen molar-refractivity contribution in [3.05, 3.63) is 0 Å². The second kappa shape index (κ2) is 7.75. The highest BCUT2D eigenvalue weighted by Crippen LogP contribution is 2.20. The van der Waals surface area contributed by atoms with Gasteiger partial charge in [-0.3, -0.25) is 14.5 Å². The summed E-state index contributed by atoms with van der Waals surface area (Å²) < 4.78 is 10.4. The maximum atomic E-state index is 12.4. The van der Waals surface area contributed by atoms with Gasteiger partial charge in [0.15, 0.2) is 0 Å². The molecule has 6 nitrogen and oxygen atoms in total. The van der Waals surface area contributed by atoms with Crippen LogP contribution in [0.5, 0.6) is 0 Å². The van der Waals surface area contributed by atoms with E-state index in [9.17, 15) is 9.59 Å². The quantitative estimate of drug-likeness (QED) is 0.708. The van der Waals surface area contributed by atoms with Crippen LogP contribution in [0.1, 0.15) is 26.7 Å². The lowest BCUT2D eigenvalue weighted by Gasteiger charge is -2.35. The van der Waals surface area contributed by atoms with Crippen LogP contribution in [-0.4, -0.2) is 73.7 Å². The van der Waals surface area contributed by atoms with E-state index in [4.69, 9.17) is 9.47 Å². The van der Waals surface area contributed by atoms with Crippen LogP contribution in [-0.2, 0) is 19.1 Å². The van der Waals surface area contributed by atoms with Crippen molar-refractivity contribution >= 4 is 11.9 Å². The number of likely N-dealkylation sites (tertiary alicyclic amines) is 1. The number of ether oxygens (including phenoxy) is 2. The molecule has 2 heterocycles. The standard InChI is InChI=1S/C15H26N2O4/c1-12(2)21-14(18)11-16-5-3-13(4-6-16)15(19)17-7-9-20-10-8-17/h12-13H,3-11H2,1-2H3. The molecule has 2 aliphatic heterocycles. The van der Waals surface area contributed by atoms with Crippen LogP contribution in [0.4, 0.5) is 0 Å². The van der Waals surface area contributed by atoms with Gasteiger partial charge in [-0.1, -0.05) is 0 Å². The predicted molar refractivity (Wildman–Crippen MR) is 77.8 cm³/mol. The molecule has 6 heteroatoms. The van der Waals surface area contributed by atoms with E-state index >= 15 is 0 Å². The van der Waals surface area contributed by atoms with Gasteiger partial charge in [0.1, 0.15) is 0 Å². The Bertz CT molecular complexity index is 359. The monoisotopic (exact) mass is 298 g/mol. The van der Waals surface area contributed by atoms with Gasteiger partial charge in [-0.2, -0.15) is 0 Å². The van der Waals surface area contributed by atoms with Crippen molar-refractivity contribution in [1.82, 2.24) is 9.80 Å². The topological polar surface area (TPSA) is 59.1 Å². The Hall–Kier alpha value is -1.14. The van der Waals surface area contributed by atoms with Crippen molar-refractivity contribution in [2.24, 2.45) is 5.92 Å². The number of carbonyl (C=O) groups is 2. The number of amides is 1. The summed E-state index contributed by atoms with van der Waals surface area (Å²) in [5, 5.41) is 0. The van der Waals surface area contributed by atoms with Crippen molar-refractivity contribution in [1.29, 1.82) is 0 Å². The van der Waals surface area contributed by atoms with Gasteiger partial charge in [0.2, 0.25) is 5.91 Å². The summed E-state index contributed by atoms with van der Waals surface area (Å²) in [7, 11) is 0. The zero-order chi connectivity index (χ0) is 15.2. The molecule has 2 rings (SSSR count). The molecule has 1 amide bonds. The third-order valence-corrected chi connectivity index (χ3v) is 3.98. The van der Waals surface area contributed by atoms with Gasteiger partial charge in [0, 0.05) is 19.0 Å². The summed E-state index contributed by atoms with van der Waals surface area (Å²) in [6.07, 6.45) is 1.58. The lowest BCUT2D eigenvalue weighted by molar-refractivity contribution is -0.149. The van der Waals surface area contributed by atoms with Crippen LogP contribution in [0, 0.1) is 5.92 Å². The molecule has 0 saturated carbocycles. The van der Waals surface area contributed by atoms with Crippen LogP contribution in [0.3, 0.4) is 0 Å². The summed E-state index contributed by atoms with van der Waals surface area (Å²) in [6.45, 7) is 8.31. The van der Waals surface area contributed by atoms with Crippen molar-refractivity contribution in [3.63, 3.8) is 0 Å². The Morgan fingerprint density at radius 3 is 2.33 bits per heavy atom. The average molecular weight is 298 g/mol. The molecule has 0 aromatic rings. The van der Waals surface area contributed by atoms with Crippen molar-refractivity contribution in [3.8, 4) is 0 Å². The third-order valence-electron chi connectivity index (χ3n) is 3.98. The smallest absolute Gasteiger partial charge is 0.320 e. The molecule has 2 fully saturated rings. The fourth-order valence-electron chi connectivity index (χ4n) is 2.86. The van der Waals surface area contributed by atoms with Crippen LogP contribution < -0.4 is 0 Å². The molecule has 21 heavy (non-hydrogen) atoms. The molecule has 0 atom stereocenters. The molecule has 0 radical (unpaired) electrons. The lowest BCUT2D eigenvalue weighted by atomic mass is 9.95. The summed E-state index contributed by atoms with van der Waals surface area (Å²) in [6, 6.07) is 0. The van der Waals surface area contributed by atoms with Crippen molar-refractivity contribution in [2.45, 2.75) is 32.8 Å². The molecule has 0 spiro atoms. The molecule has 0 bridgehead atoms. The van der Waals surface area contributed by atoms with E-state index in [-0.39, 0.29) is 23.9 Å². The number of nitrogens with zero attached hydrogens (tertiary/aromatic N) is 2. The van der Waals surface area contributed by atoms with Crippen LogP contribution in [0.2, 0.25) is 0 Å². The van der Waals surface area contributed by atoms with E-state index in [1.807, 2.05) is 18.7 Å².